The van der Waals surface area contributed by atoms with Gasteiger partial charge in [-0.1, -0.05) is 41.7 Å². The number of nitrogens with zero attached hydrogens (tertiary/aromatic N) is 3. The van der Waals surface area contributed by atoms with Crippen LogP contribution in [0.25, 0.3) is 0 Å². The zero-order valence-corrected chi connectivity index (χ0v) is 11.8. The van der Waals surface area contributed by atoms with E-state index in [1.807, 2.05) is 19.0 Å². The Bertz CT molecular complexity index is 465. The molecule has 0 unspecified atom stereocenters. The molecule has 2 aromatic rings. The largest absolute Gasteiger partial charge is 0.353 e. The van der Waals surface area contributed by atoms with Crippen LogP contribution in [0.15, 0.2) is 30.3 Å². The molecule has 1 aromatic heterocycles. The minimum absolute atomic E-state index is 0.994. The molecular weight excluding hydrogens is 242 g/mol. The Morgan fingerprint density at radius 1 is 1.00 bits per heavy atom. The summed E-state index contributed by atoms with van der Waals surface area (Å²) >= 11 is 1.69. The third-order valence-corrected chi connectivity index (χ3v) is 3.94. The molecule has 96 valence electrons. The second-order valence-electron chi connectivity index (χ2n) is 4.57. The quantitative estimate of drug-likeness (QED) is 0.748. The van der Waals surface area contributed by atoms with E-state index in [1.54, 1.807) is 11.3 Å². The summed E-state index contributed by atoms with van der Waals surface area (Å²) in [5.74, 6) is 0. The zero-order chi connectivity index (χ0) is 12.8. The van der Waals surface area contributed by atoms with Crippen molar-refractivity contribution in [2.24, 2.45) is 0 Å². The summed E-state index contributed by atoms with van der Waals surface area (Å²) in [5, 5.41) is 10.5. The molecule has 4 heteroatoms. The van der Waals surface area contributed by atoms with Crippen LogP contribution in [0.1, 0.15) is 23.4 Å². The maximum Gasteiger partial charge on any atom is 0.207 e. The first kappa shape index (κ1) is 13.0. The Labute approximate surface area is 112 Å². The Kier molecular flexibility index (Phi) is 4.70. The molecular formula is C14H19N3S. The van der Waals surface area contributed by atoms with Crippen molar-refractivity contribution >= 4 is 16.5 Å². The zero-order valence-electron chi connectivity index (χ0n) is 11.0. The molecule has 0 atom stereocenters. The summed E-state index contributed by atoms with van der Waals surface area (Å²) in [6.45, 7) is 0. The summed E-state index contributed by atoms with van der Waals surface area (Å²) < 4.78 is 0. The fourth-order valence-electron chi connectivity index (χ4n) is 1.78. The van der Waals surface area contributed by atoms with Crippen molar-refractivity contribution in [1.82, 2.24) is 10.2 Å². The molecule has 18 heavy (non-hydrogen) atoms. The number of hydrogen-bond donors (Lipinski definition) is 0. The Balaban J connectivity index is 1.72. The lowest BCUT2D eigenvalue weighted by atomic mass is 10.1. The average molecular weight is 261 g/mol. The smallest absolute Gasteiger partial charge is 0.207 e. The fraction of sp³-hybridized carbons (Fsp3) is 0.429. The van der Waals surface area contributed by atoms with E-state index in [4.69, 9.17) is 0 Å². The van der Waals surface area contributed by atoms with Gasteiger partial charge in [0.1, 0.15) is 5.01 Å². The molecule has 0 saturated heterocycles. The van der Waals surface area contributed by atoms with E-state index in [0.29, 0.717) is 0 Å². The molecule has 0 radical (unpaired) electrons. The van der Waals surface area contributed by atoms with Crippen LogP contribution in [0, 0.1) is 0 Å². The molecule has 0 N–H and O–H groups in total. The van der Waals surface area contributed by atoms with Crippen molar-refractivity contribution in [2.45, 2.75) is 25.7 Å². The molecule has 1 aromatic carbocycles. The van der Waals surface area contributed by atoms with Crippen molar-refractivity contribution in [3.63, 3.8) is 0 Å². The van der Waals surface area contributed by atoms with Gasteiger partial charge in [0.2, 0.25) is 5.13 Å². The number of rotatable bonds is 6. The molecule has 0 aliphatic heterocycles. The second-order valence-corrected chi connectivity index (χ2v) is 5.61. The van der Waals surface area contributed by atoms with Gasteiger partial charge in [-0.2, -0.15) is 0 Å². The number of aromatic nitrogens is 2. The Morgan fingerprint density at radius 3 is 2.39 bits per heavy atom. The molecule has 3 nitrogen and oxygen atoms in total. The van der Waals surface area contributed by atoms with Gasteiger partial charge in [-0.15, -0.1) is 10.2 Å². The monoisotopic (exact) mass is 261 g/mol. The summed E-state index contributed by atoms with van der Waals surface area (Å²) in [6.07, 6.45) is 4.58. The molecule has 0 spiro atoms. The molecule has 0 fully saturated rings. The lowest BCUT2D eigenvalue weighted by Crippen LogP contribution is -2.07. The summed E-state index contributed by atoms with van der Waals surface area (Å²) in [6, 6.07) is 10.6. The van der Waals surface area contributed by atoms with E-state index in [2.05, 4.69) is 40.5 Å². The Morgan fingerprint density at radius 2 is 1.72 bits per heavy atom. The van der Waals surface area contributed by atoms with Gasteiger partial charge in [0.15, 0.2) is 0 Å². The predicted octanol–water partition coefficient (Wildman–Crippen LogP) is 3.17. The van der Waals surface area contributed by atoms with E-state index < -0.39 is 0 Å². The minimum atomic E-state index is 0.994. The maximum absolute atomic E-state index is 4.21. The van der Waals surface area contributed by atoms with E-state index >= 15 is 0 Å². The molecule has 0 aliphatic carbocycles. The molecule has 1 heterocycles. The van der Waals surface area contributed by atoms with Crippen LogP contribution in [0.5, 0.6) is 0 Å². The van der Waals surface area contributed by atoms with Gasteiger partial charge < -0.3 is 4.90 Å². The Hall–Kier alpha value is -1.42. The first-order chi connectivity index (χ1) is 8.75. The highest BCUT2D eigenvalue weighted by Gasteiger charge is 2.05. The first-order valence-corrected chi connectivity index (χ1v) is 7.11. The van der Waals surface area contributed by atoms with Crippen molar-refractivity contribution in [2.75, 3.05) is 19.0 Å². The number of benzene rings is 1. The van der Waals surface area contributed by atoms with Crippen LogP contribution in [-0.4, -0.2) is 24.3 Å². The standard InChI is InChI=1S/C14H19N3S/c1-17(2)14-16-15-13(18-14)11-7-6-10-12-8-4-3-5-9-12/h3-5,8-9H,6-7,10-11H2,1-2H3. The van der Waals surface area contributed by atoms with Gasteiger partial charge in [-0.05, 0) is 24.8 Å². The fourth-order valence-corrected chi connectivity index (χ4v) is 2.58. The highest BCUT2D eigenvalue weighted by molar-refractivity contribution is 7.15. The third-order valence-electron chi connectivity index (χ3n) is 2.79. The highest BCUT2D eigenvalue weighted by Crippen LogP contribution is 2.19. The van der Waals surface area contributed by atoms with E-state index in [-0.39, 0.29) is 0 Å². The van der Waals surface area contributed by atoms with Crippen LogP contribution in [0.4, 0.5) is 5.13 Å². The molecule has 0 saturated carbocycles. The highest BCUT2D eigenvalue weighted by atomic mass is 32.1. The van der Waals surface area contributed by atoms with Crippen LogP contribution in [-0.2, 0) is 12.8 Å². The predicted molar refractivity (Wildman–Crippen MR) is 77.3 cm³/mol. The summed E-state index contributed by atoms with van der Waals surface area (Å²) in [7, 11) is 4.00. The molecule has 0 bridgehead atoms. The third kappa shape index (κ3) is 3.81. The number of hydrogen-bond acceptors (Lipinski definition) is 4. The maximum atomic E-state index is 4.21. The first-order valence-electron chi connectivity index (χ1n) is 6.29. The summed E-state index contributed by atoms with van der Waals surface area (Å²) in [4.78, 5) is 2.01. The van der Waals surface area contributed by atoms with Gasteiger partial charge >= 0.3 is 0 Å². The van der Waals surface area contributed by atoms with Crippen molar-refractivity contribution in [3.05, 3.63) is 40.9 Å². The summed E-state index contributed by atoms with van der Waals surface area (Å²) in [5.41, 5.74) is 1.42. The van der Waals surface area contributed by atoms with E-state index in [1.165, 1.54) is 18.4 Å². The van der Waals surface area contributed by atoms with Crippen molar-refractivity contribution < 1.29 is 0 Å². The van der Waals surface area contributed by atoms with Crippen LogP contribution in [0.3, 0.4) is 0 Å². The number of aryl methyl sites for hydroxylation is 2. The van der Waals surface area contributed by atoms with E-state index in [0.717, 1.165) is 23.0 Å². The average Bonchev–Trinajstić information content (AvgIpc) is 2.85. The van der Waals surface area contributed by atoms with Gasteiger partial charge in [-0.3, -0.25) is 0 Å². The van der Waals surface area contributed by atoms with Gasteiger partial charge in [0, 0.05) is 20.5 Å². The normalized spacial score (nSPS) is 10.6. The van der Waals surface area contributed by atoms with Crippen LogP contribution >= 0.6 is 11.3 Å². The molecule has 0 amide bonds. The van der Waals surface area contributed by atoms with Gasteiger partial charge in [0.05, 0.1) is 0 Å². The lowest BCUT2D eigenvalue weighted by Gasteiger charge is -2.03. The van der Waals surface area contributed by atoms with Crippen LogP contribution < -0.4 is 4.90 Å². The van der Waals surface area contributed by atoms with Gasteiger partial charge in [-0.25, -0.2) is 0 Å². The number of unbranched alkanes of at least 4 members (excludes halogenated alkanes) is 1. The van der Waals surface area contributed by atoms with E-state index in [9.17, 15) is 0 Å². The topological polar surface area (TPSA) is 29.0 Å². The molecule has 2 rings (SSSR count). The second kappa shape index (κ2) is 6.50. The number of anilines is 1. The SMILES string of the molecule is CN(C)c1nnc(CCCCc2ccccc2)s1. The van der Waals surface area contributed by atoms with Crippen molar-refractivity contribution in [1.29, 1.82) is 0 Å². The van der Waals surface area contributed by atoms with Crippen LogP contribution in [0.2, 0.25) is 0 Å². The lowest BCUT2D eigenvalue weighted by molar-refractivity contribution is 0.725. The minimum Gasteiger partial charge on any atom is -0.353 e. The van der Waals surface area contributed by atoms with Crippen molar-refractivity contribution in [3.8, 4) is 0 Å². The molecule has 0 aliphatic rings. The van der Waals surface area contributed by atoms with Gasteiger partial charge in [0.25, 0.3) is 0 Å².